The van der Waals surface area contributed by atoms with E-state index in [1.165, 1.54) is 0 Å². The molecule has 9 heteroatoms. The van der Waals surface area contributed by atoms with E-state index in [4.69, 9.17) is 4.74 Å². The Kier molecular flexibility index (Phi) is 6.16. The van der Waals surface area contributed by atoms with Gasteiger partial charge >= 0.3 is 5.97 Å². The third kappa shape index (κ3) is 4.61. The van der Waals surface area contributed by atoms with E-state index in [0.29, 0.717) is 30.4 Å². The van der Waals surface area contributed by atoms with Crippen molar-refractivity contribution in [1.29, 1.82) is 0 Å². The van der Waals surface area contributed by atoms with Gasteiger partial charge in [-0.2, -0.15) is 0 Å². The zero-order chi connectivity index (χ0) is 22.5. The summed E-state index contributed by atoms with van der Waals surface area (Å²) in [4.78, 5) is 37.2. The maximum absolute atomic E-state index is 12.6. The van der Waals surface area contributed by atoms with E-state index in [2.05, 4.69) is 25.1 Å². The molecule has 9 nitrogen and oxygen atoms in total. The van der Waals surface area contributed by atoms with E-state index < -0.39 is 5.97 Å². The molecule has 0 atom stereocenters. The number of aromatic carboxylic acids is 1. The van der Waals surface area contributed by atoms with Crippen LogP contribution in [0.15, 0.2) is 60.9 Å². The Labute approximate surface area is 185 Å². The molecule has 1 aromatic heterocycles. The van der Waals surface area contributed by atoms with Crippen LogP contribution in [0.3, 0.4) is 0 Å². The van der Waals surface area contributed by atoms with Gasteiger partial charge in [0.2, 0.25) is 5.95 Å². The van der Waals surface area contributed by atoms with Crippen molar-refractivity contribution in [2.45, 2.75) is 0 Å². The Balaban J connectivity index is 1.47. The van der Waals surface area contributed by atoms with Gasteiger partial charge in [-0.25, -0.2) is 14.8 Å². The van der Waals surface area contributed by atoms with Crippen LogP contribution >= 0.6 is 0 Å². The van der Waals surface area contributed by atoms with Crippen molar-refractivity contribution in [1.82, 2.24) is 9.97 Å². The smallest absolute Gasteiger partial charge is 0.337 e. The number of carboxylic acid groups (broad SMARTS) is 1. The molecule has 0 bridgehead atoms. The fourth-order valence-electron chi connectivity index (χ4n) is 3.57. The molecule has 164 valence electrons. The van der Waals surface area contributed by atoms with Gasteiger partial charge < -0.3 is 25.0 Å². The summed E-state index contributed by atoms with van der Waals surface area (Å²) >= 11 is 0. The fourth-order valence-corrected chi connectivity index (χ4v) is 3.57. The molecule has 0 radical (unpaired) electrons. The Hall–Kier alpha value is -4.14. The second-order valence-corrected chi connectivity index (χ2v) is 7.24. The molecule has 0 spiro atoms. The molecule has 1 amide bonds. The van der Waals surface area contributed by atoms with Crippen molar-refractivity contribution in [2.75, 3.05) is 48.4 Å². The number of carboxylic acids is 1. The first kappa shape index (κ1) is 21.1. The molecule has 32 heavy (non-hydrogen) atoms. The number of piperazine rings is 1. The van der Waals surface area contributed by atoms with E-state index in [0.717, 1.165) is 18.8 Å². The molecule has 0 aliphatic carbocycles. The van der Waals surface area contributed by atoms with Crippen LogP contribution in [0.5, 0.6) is 5.75 Å². The molecular formula is C23H23N5O4. The molecule has 1 aliphatic rings. The van der Waals surface area contributed by atoms with Gasteiger partial charge in [0.05, 0.1) is 18.4 Å². The number of nitrogens with one attached hydrogen (secondary N) is 1. The van der Waals surface area contributed by atoms with Crippen molar-refractivity contribution in [3.63, 3.8) is 0 Å². The molecule has 2 heterocycles. The number of hydrogen-bond donors (Lipinski definition) is 2. The lowest BCUT2D eigenvalue weighted by Gasteiger charge is -2.36. The highest BCUT2D eigenvalue weighted by molar-refractivity contribution is 6.08. The second-order valence-electron chi connectivity index (χ2n) is 7.24. The van der Waals surface area contributed by atoms with Crippen LogP contribution in [0.25, 0.3) is 0 Å². The molecule has 4 rings (SSSR count). The quantitative estimate of drug-likeness (QED) is 0.611. The van der Waals surface area contributed by atoms with Crippen LogP contribution in [0.4, 0.5) is 17.3 Å². The van der Waals surface area contributed by atoms with Crippen LogP contribution in [0, 0.1) is 0 Å². The topological polar surface area (TPSA) is 108 Å². The van der Waals surface area contributed by atoms with Crippen molar-refractivity contribution in [3.05, 3.63) is 72.1 Å². The van der Waals surface area contributed by atoms with E-state index in [1.54, 1.807) is 62.0 Å². The molecule has 2 N–H and O–H groups in total. The molecule has 0 saturated carbocycles. The summed E-state index contributed by atoms with van der Waals surface area (Å²) in [6, 6.07) is 13.4. The number of amides is 1. The minimum absolute atomic E-state index is 0.0400. The summed E-state index contributed by atoms with van der Waals surface area (Å²) in [6.45, 7) is 2.86. The Bertz CT molecular complexity index is 1100. The van der Waals surface area contributed by atoms with Gasteiger partial charge in [0, 0.05) is 49.8 Å². The number of carbonyl (C=O) groups is 2. The van der Waals surface area contributed by atoms with Crippen molar-refractivity contribution in [3.8, 4) is 5.75 Å². The molecule has 3 aromatic rings. The molecular weight excluding hydrogens is 410 g/mol. The average Bonchev–Trinajstić information content (AvgIpc) is 2.85. The van der Waals surface area contributed by atoms with Crippen molar-refractivity contribution < 1.29 is 19.4 Å². The largest absolute Gasteiger partial charge is 0.497 e. The normalized spacial score (nSPS) is 13.5. The van der Waals surface area contributed by atoms with Gasteiger partial charge in [0.1, 0.15) is 5.75 Å². The average molecular weight is 433 g/mol. The number of aromatic nitrogens is 2. The number of hydrogen-bond acceptors (Lipinski definition) is 7. The molecule has 1 aliphatic heterocycles. The molecule has 1 fully saturated rings. The zero-order valence-electron chi connectivity index (χ0n) is 17.6. The van der Waals surface area contributed by atoms with Crippen LogP contribution in [0.2, 0.25) is 0 Å². The van der Waals surface area contributed by atoms with E-state index in [-0.39, 0.29) is 17.2 Å². The van der Waals surface area contributed by atoms with Crippen molar-refractivity contribution in [2.24, 2.45) is 0 Å². The highest BCUT2D eigenvalue weighted by Gasteiger charge is 2.21. The minimum Gasteiger partial charge on any atom is -0.497 e. The van der Waals surface area contributed by atoms with Crippen LogP contribution in [-0.4, -0.2) is 60.2 Å². The highest BCUT2D eigenvalue weighted by atomic mass is 16.5. The van der Waals surface area contributed by atoms with E-state index in [9.17, 15) is 14.7 Å². The van der Waals surface area contributed by atoms with E-state index in [1.807, 2.05) is 6.07 Å². The number of benzene rings is 2. The van der Waals surface area contributed by atoms with Gasteiger partial charge in [-0.3, -0.25) is 4.79 Å². The summed E-state index contributed by atoms with van der Waals surface area (Å²) in [5.41, 5.74) is 1.49. The summed E-state index contributed by atoms with van der Waals surface area (Å²) < 4.78 is 5.10. The Morgan fingerprint density at radius 1 is 0.969 bits per heavy atom. The first-order valence-electron chi connectivity index (χ1n) is 10.1. The van der Waals surface area contributed by atoms with Crippen LogP contribution in [-0.2, 0) is 0 Å². The first-order chi connectivity index (χ1) is 15.5. The second kappa shape index (κ2) is 9.34. The van der Waals surface area contributed by atoms with Crippen LogP contribution in [0.1, 0.15) is 20.7 Å². The maximum Gasteiger partial charge on any atom is 0.337 e. The van der Waals surface area contributed by atoms with Gasteiger partial charge in [-0.15, -0.1) is 0 Å². The standard InChI is InChI=1S/C23H23N5O4/c1-32-18-6-3-16(4-7-18)21(29)26-20-8-5-17(15-19(20)22(30)31)27-11-13-28(14-12-27)23-24-9-2-10-25-23/h2-10,15H,11-14H2,1H3,(H,26,29)(H,30,31). The number of nitrogens with zero attached hydrogens (tertiary/aromatic N) is 4. The third-order valence-electron chi connectivity index (χ3n) is 5.31. The highest BCUT2D eigenvalue weighted by Crippen LogP contribution is 2.26. The summed E-state index contributed by atoms with van der Waals surface area (Å²) in [7, 11) is 1.55. The summed E-state index contributed by atoms with van der Waals surface area (Å²) in [5, 5.41) is 12.4. The summed E-state index contributed by atoms with van der Waals surface area (Å²) in [5.74, 6) is -0.168. The molecule has 1 saturated heterocycles. The Morgan fingerprint density at radius 2 is 1.62 bits per heavy atom. The number of anilines is 3. The number of methoxy groups -OCH3 is 1. The first-order valence-corrected chi connectivity index (χ1v) is 10.1. The summed E-state index contributed by atoms with van der Waals surface area (Å²) in [6.07, 6.45) is 3.43. The van der Waals surface area contributed by atoms with Gasteiger partial charge in [-0.1, -0.05) is 0 Å². The van der Waals surface area contributed by atoms with Gasteiger partial charge in [-0.05, 0) is 48.5 Å². The van der Waals surface area contributed by atoms with Gasteiger partial charge in [0.15, 0.2) is 0 Å². The maximum atomic E-state index is 12.6. The van der Waals surface area contributed by atoms with E-state index >= 15 is 0 Å². The Morgan fingerprint density at radius 3 is 2.25 bits per heavy atom. The predicted octanol–water partition coefficient (Wildman–Crippen LogP) is 2.76. The number of rotatable bonds is 6. The lowest BCUT2D eigenvalue weighted by molar-refractivity contribution is 0.0698. The van der Waals surface area contributed by atoms with Crippen molar-refractivity contribution >= 4 is 29.2 Å². The monoisotopic (exact) mass is 433 g/mol. The fraction of sp³-hybridized carbons (Fsp3) is 0.217. The van der Waals surface area contributed by atoms with Crippen LogP contribution < -0.4 is 19.9 Å². The van der Waals surface area contributed by atoms with Gasteiger partial charge in [0.25, 0.3) is 5.91 Å². The third-order valence-corrected chi connectivity index (χ3v) is 5.31. The lowest BCUT2D eigenvalue weighted by atomic mass is 10.1. The predicted molar refractivity (Wildman–Crippen MR) is 121 cm³/mol. The minimum atomic E-state index is -1.10. The molecule has 0 unspecified atom stereocenters. The SMILES string of the molecule is COc1ccc(C(=O)Nc2ccc(N3CCN(c4ncccn4)CC3)cc2C(=O)O)cc1. The lowest BCUT2D eigenvalue weighted by Crippen LogP contribution is -2.47. The zero-order valence-corrected chi connectivity index (χ0v) is 17.6. The number of ether oxygens (including phenoxy) is 1. The number of carbonyl (C=O) groups excluding carboxylic acids is 1. The molecule has 2 aromatic carbocycles.